The van der Waals surface area contributed by atoms with Crippen LogP contribution in [0.15, 0.2) is 24.3 Å². The molecule has 0 bridgehead atoms. The van der Waals surface area contributed by atoms with Crippen molar-refractivity contribution in [1.82, 2.24) is 9.97 Å². The molecule has 0 aliphatic heterocycles. The molecule has 78 valence electrons. The van der Waals surface area contributed by atoms with E-state index < -0.39 is 0 Å². The number of aromatic amines is 1. The van der Waals surface area contributed by atoms with Gasteiger partial charge in [-0.05, 0) is 18.6 Å². The van der Waals surface area contributed by atoms with Crippen LogP contribution in [0.25, 0.3) is 0 Å². The van der Waals surface area contributed by atoms with E-state index in [0.29, 0.717) is 17.9 Å². The molecule has 1 aromatic heterocycles. The summed E-state index contributed by atoms with van der Waals surface area (Å²) in [5.41, 5.74) is 7.82. The third-order valence-electron chi connectivity index (χ3n) is 2.32. The van der Waals surface area contributed by atoms with Crippen LogP contribution in [0.5, 0.6) is 0 Å². The summed E-state index contributed by atoms with van der Waals surface area (Å²) in [6.07, 6.45) is 0.464. The predicted molar refractivity (Wildman–Crippen MR) is 56.9 cm³/mol. The summed E-state index contributed by atoms with van der Waals surface area (Å²) >= 11 is 0. The van der Waals surface area contributed by atoms with Crippen LogP contribution in [0, 0.1) is 12.7 Å². The van der Waals surface area contributed by atoms with Crippen molar-refractivity contribution < 1.29 is 4.39 Å². The van der Waals surface area contributed by atoms with Gasteiger partial charge in [0.1, 0.15) is 5.82 Å². The van der Waals surface area contributed by atoms with Gasteiger partial charge in [-0.1, -0.05) is 18.2 Å². The normalized spacial score (nSPS) is 10.5. The molecule has 2 aromatic rings. The summed E-state index contributed by atoms with van der Waals surface area (Å²) in [5, 5.41) is 0. The number of hydrogen-bond donors (Lipinski definition) is 2. The van der Waals surface area contributed by atoms with Gasteiger partial charge in [-0.2, -0.15) is 0 Å². The quantitative estimate of drug-likeness (QED) is 0.788. The van der Waals surface area contributed by atoms with Gasteiger partial charge in [0.2, 0.25) is 0 Å². The lowest BCUT2D eigenvalue weighted by Crippen LogP contribution is -1.94. The van der Waals surface area contributed by atoms with Crippen molar-refractivity contribution in [2.45, 2.75) is 13.3 Å². The van der Waals surface area contributed by atoms with Crippen molar-refractivity contribution in [3.8, 4) is 0 Å². The SMILES string of the molecule is Cc1[nH]c(N)nc1Cc1ccccc1F. The molecule has 2 rings (SSSR count). The van der Waals surface area contributed by atoms with Crippen molar-refractivity contribution in [2.24, 2.45) is 0 Å². The zero-order valence-corrected chi connectivity index (χ0v) is 8.42. The molecule has 0 unspecified atom stereocenters. The molecule has 3 N–H and O–H groups in total. The Morgan fingerprint density at radius 1 is 1.40 bits per heavy atom. The van der Waals surface area contributed by atoms with Crippen molar-refractivity contribution >= 4 is 5.95 Å². The highest BCUT2D eigenvalue weighted by atomic mass is 19.1. The predicted octanol–water partition coefficient (Wildman–Crippen LogP) is 2.03. The maximum Gasteiger partial charge on any atom is 0.197 e. The maximum absolute atomic E-state index is 13.3. The summed E-state index contributed by atoms with van der Waals surface area (Å²) in [6.45, 7) is 1.87. The standard InChI is InChI=1S/C11H12FN3/c1-7-10(15-11(13)14-7)6-8-4-2-3-5-9(8)12/h2-5H,6H2,1H3,(H3,13,14,15). The third kappa shape index (κ3) is 1.98. The van der Waals surface area contributed by atoms with Gasteiger partial charge in [-0.3, -0.25) is 0 Å². The Labute approximate surface area is 87.2 Å². The van der Waals surface area contributed by atoms with E-state index in [-0.39, 0.29) is 5.82 Å². The van der Waals surface area contributed by atoms with Crippen LogP contribution in [-0.2, 0) is 6.42 Å². The fourth-order valence-electron chi connectivity index (χ4n) is 1.52. The average molecular weight is 205 g/mol. The average Bonchev–Trinajstić information content (AvgIpc) is 2.49. The lowest BCUT2D eigenvalue weighted by Gasteiger charge is -2.00. The zero-order chi connectivity index (χ0) is 10.8. The molecular formula is C11H12FN3. The van der Waals surface area contributed by atoms with E-state index in [0.717, 1.165) is 11.4 Å². The van der Waals surface area contributed by atoms with Crippen LogP contribution in [0.1, 0.15) is 17.0 Å². The minimum absolute atomic E-state index is 0.210. The number of aryl methyl sites for hydroxylation is 1. The highest BCUT2D eigenvalue weighted by molar-refractivity contribution is 5.30. The molecule has 1 aromatic carbocycles. The molecule has 15 heavy (non-hydrogen) atoms. The molecule has 0 amide bonds. The Balaban J connectivity index is 2.29. The Kier molecular flexibility index (Phi) is 2.41. The summed E-state index contributed by atoms with van der Waals surface area (Å²) in [7, 11) is 0. The number of imidazole rings is 1. The van der Waals surface area contributed by atoms with Crippen molar-refractivity contribution in [1.29, 1.82) is 0 Å². The van der Waals surface area contributed by atoms with E-state index in [2.05, 4.69) is 9.97 Å². The molecule has 0 radical (unpaired) electrons. The largest absolute Gasteiger partial charge is 0.369 e. The van der Waals surface area contributed by atoms with E-state index in [1.807, 2.05) is 13.0 Å². The number of halogens is 1. The summed E-state index contributed by atoms with van der Waals surface area (Å²) in [5.74, 6) is 0.164. The van der Waals surface area contributed by atoms with Crippen LogP contribution in [-0.4, -0.2) is 9.97 Å². The van der Waals surface area contributed by atoms with Crippen LogP contribution < -0.4 is 5.73 Å². The molecular weight excluding hydrogens is 193 g/mol. The van der Waals surface area contributed by atoms with Gasteiger partial charge in [0.05, 0.1) is 5.69 Å². The van der Waals surface area contributed by atoms with Gasteiger partial charge >= 0.3 is 0 Å². The third-order valence-corrected chi connectivity index (χ3v) is 2.32. The van der Waals surface area contributed by atoms with E-state index in [1.54, 1.807) is 12.1 Å². The molecule has 3 nitrogen and oxygen atoms in total. The summed E-state index contributed by atoms with van der Waals surface area (Å²) in [4.78, 5) is 6.99. The van der Waals surface area contributed by atoms with Gasteiger partial charge in [0.15, 0.2) is 5.95 Å². The molecule has 0 aliphatic carbocycles. The monoisotopic (exact) mass is 205 g/mol. The van der Waals surface area contributed by atoms with Crippen LogP contribution in [0.3, 0.4) is 0 Å². The highest BCUT2D eigenvalue weighted by Gasteiger charge is 2.08. The number of nitrogens with one attached hydrogen (secondary N) is 1. The molecule has 0 atom stereocenters. The number of hydrogen-bond acceptors (Lipinski definition) is 2. The Morgan fingerprint density at radius 2 is 2.13 bits per heavy atom. The van der Waals surface area contributed by atoms with Crippen molar-refractivity contribution in [3.05, 3.63) is 47.0 Å². The topological polar surface area (TPSA) is 54.7 Å². The Morgan fingerprint density at radius 3 is 2.73 bits per heavy atom. The first-order chi connectivity index (χ1) is 7.16. The number of H-pyrrole nitrogens is 1. The van der Waals surface area contributed by atoms with Gasteiger partial charge < -0.3 is 10.7 Å². The number of aromatic nitrogens is 2. The molecule has 1 heterocycles. The number of anilines is 1. The van der Waals surface area contributed by atoms with E-state index in [4.69, 9.17) is 5.73 Å². The Hall–Kier alpha value is -1.84. The zero-order valence-electron chi connectivity index (χ0n) is 8.42. The van der Waals surface area contributed by atoms with E-state index in [1.165, 1.54) is 6.07 Å². The molecule has 0 spiro atoms. The van der Waals surface area contributed by atoms with Crippen LogP contribution in [0.2, 0.25) is 0 Å². The molecule has 0 fully saturated rings. The maximum atomic E-state index is 13.3. The minimum atomic E-state index is -0.210. The number of benzene rings is 1. The summed E-state index contributed by atoms with van der Waals surface area (Å²) in [6, 6.07) is 6.68. The van der Waals surface area contributed by atoms with Crippen LogP contribution >= 0.6 is 0 Å². The Bertz CT molecular complexity index is 476. The number of nitrogens with two attached hydrogens (primary N) is 1. The second-order valence-electron chi connectivity index (χ2n) is 3.46. The second kappa shape index (κ2) is 3.73. The van der Waals surface area contributed by atoms with E-state index in [9.17, 15) is 4.39 Å². The first kappa shape index (κ1) is 9.71. The molecule has 0 saturated carbocycles. The highest BCUT2D eigenvalue weighted by Crippen LogP contribution is 2.14. The van der Waals surface area contributed by atoms with E-state index >= 15 is 0 Å². The lowest BCUT2D eigenvalue weighted by molar-refractivity contribution is 0.613. The molecule has 0 saturated heterocycles. The van der Waals surface area contributed by atoms with Crippen LogP contribution in [0.4, 0.5) is 10.3 Å². The first-order valence-corrected chi connectivity index (χ1v) is 4.71. The smallest absolute Gasteiger partial charge is 0.197 e. The van der Waals surface area contributed by atoms with Gasteiger partial charge in [0, 0.05) is 12.1 Å². The van der Waals surface area contributed by atoms with Gasteiger partial charge in [-0.15, -0.1) is 0 Å². The number of nitrogens with zero attached hydrogens (tertiary/aromatic N) is 1. The summed E-state index contributed by atoms with van der Waals surface area (Å²) < 4.78 is 13.3. The number of rotatable bonds is 2. The molecule has 0 aliphatic rings. The first-order valence-electron chi connectivity index (χ1n) is 4.71. The number of nitrogen functional groups attached to an aromatic ring is 1. The second-order valence-corrected chi connectivity index (χ2v) is 3.46. The fourth-order valence-corrected chi connectivity index (χ4v) is 1.52. The minimum Gasteiger partial charge on any atom is -0.369 e. The lowest BCUT2D eigenvalue weighted by atomic mass is 10.1. The van der Waals surface area contributed by atoms with Gasteiger partial charge in [0.25, 0.3) is 0 Å². The van der Waals surface area contributed by atoms with Crippen molar-refractivity contribution in [3.63, 3.8) is 0 Å². The molecule has 4 heteroatoms. The fraction of sp³-hybridized carbons (Fsp3) is 0.182. The van der Waals surface area contributed by atoms with Gasteiger partial charge in [-0.25, -0.2) is 9.37 Å². The van der Waals surface area contributed by atoms with Crippen molar-refractivity contribution in [2.75, 3.05) is 5.73 Å².